The van der Waals surface area contributed by atoms with Crippen LogP contribution in [-0.2, 0) is 22.4 Å². The van der Waals surface area contributed by atoms with Crippen molar-refractivity contribution in [2.75, 3.05) is 57.6 Å². The molecule has 1 aliphatic carbocycles. The van der Waals surface area contributed by atoms with Crippen molar-refractivity contribution in [2.45, 2.75) is 31.2 Å². The van der Waals surface area contributed by atoms with Crippen molar-refractivity contribution in [1.29, 1.82) is 5.26 Å². The largest absolute Gasteiger partial charge is 0.495 e. The molecule has 1 fully saturated rings. The third-order valence-corrected chi connectivity index (χ3v) is 6.67. The minimum Gasteiger partial charge on any atom is -0.495 e. The van der Waals surface area contributed by atoms with Gasteiger partial charge in [0.2, 0.25) is 11.9 Å². The summed E-state index contributed by atoms with van der Waals surface area (Å²) >= 11 is 6.33. The summed E-state index contributed by atoms with van der Waals surface area (Å²) in [6, 6.07) is 6.08. The first kappa shape index (κ1) is 25.0. The van der Waals surface area contributed by atoms with E-state index in [2.05, 4.69) is 43.0 Å². The van der Waals surface area contributed by atoms with Crippen molar-refractivity contribution >= 4 is 35.0 Å². The smallest absolute Gasteiger partial charge is 0.246 e. The number of aromatic nitrogens is 2. The number of benzene rings is 1. The van der Waals surface area contributed by atoms with Gasteiger partial charge in [-0.1, -0.05) is 11.6 Å². The van der Waals surface area contributed by atoms with Gasteiger partial charge in [0.15, 0.2) is 5.82 Å². The Morgan fingerprint density at radius 1 is 1.26 bits per heavy atom. The predicted octanol–water partition coefficient (Wildman–Crippen LogP) is 2.51. The number of nitriles is 1. The van der Waals surface area contributed by atoms with Gasteiger partial charge in [0, 0.05) is 26.7 Å². The van der Waals surface area contributed by atoms with Gasteiger partial charge in [0.25, 0.3) is 0 Å². The molecule has 186 valence electrons. The summed E-state index contributed by atoms with van der Waals surface area (Å²) in [7, 11) is 3.37. The van der Waals surface area contributed by atoms with Crippen molar-refractivity contribution in [1.82, 2.24) is 20.2 Å². The average molecular weight is 500 g/mol. The van der Waals surface area contributed by atoms with Gasteiger partial charge in [0.1, 0.15) is 22.9 Å². The van der Waals surface area contributed by atoms with Crippen LogP contribution in [0.25, 0.3) is 0 Å². The fourth-order valence-electron chi connectivity index (χ4n) is 4.20. The van der Waals surface area contributed by atoms with Crippen LogP contribution in [-0.4, -0.2) is 73.3 Å². The van der Waals surface area contributed by atoms with E-state index in [1.54, 1.807) is 14.2 Å². The van der Waals surface area contributed by atoms with Crippen LogP contribution in [0.2, 0.25) is 5.02 Å². The second kappa shape index (κ2) is 11.1. The number of methoxy groups -OCH3 is 2. The van der Waals surface area contributed by atoms with Crippen molar-refractivity contribution in [3.63, 3.8) is 0 Å². The molecular formula is C24H30ClN7O3. The number of carbonyl (C=O) groups is 1. The van der Waals surface area contributed by atoms with Crippen molar-refractivity contribution in [3.05, 3.63) is 34.5 Å². The Kier molecular flexibility index (Phi) is 7.90. The molecule has 2 aromatic rings. The lowest BCUT2D eigenvalue weighted by molar-refractivity contribution is -0.122. The number of nitrogens with zero attached hydrogens (tertiary/aromatic N) is 4. The third-order valence-electron chi connectivity index (χ3n) is 6.39. The number of fused-ring (bicyclic) bond motifs is 1. The van der Waals surface area contributed by atoms with Gasteiger partial charge >= 0.3 is 0 Å². The second-order valence-corrected chi connectivity index (χ2v) is 9.13. The van der Waals surface area contributed by atoms with E-state index in [1.165, 1.54) is 17.3 Å². The third kappa shape index (κ3) is 5.93. The van der Waals surface area contributed by atoms with Gasteiger partial charge in [-0.15, -0.1) is 0 Å². The topological polar surface area (TPSA) is 124 Å². The molecule has 0 unspecified atom stereocenters. The van der Waals surface area contributed by atoms with Gasteiger partial charge in [0.05, 0.1) is 31.7 Å². The molecule has 2 heterocycles. The Labute approximate surface area is 210 Å². The zero-order valence-corrected chi connectivity index (χ0v) is 20.7. The van der Waals surface area contributed by atoms with Gasteiger partial charge < -0.3 is 30.3 Å². The van der Waals surface area contributed by atoms with Crippen LogP contribution in [0.5, 0.6) is 5.75 Å². The molecule has 1 saturated carbocycles. The SMILES string of the molecule is COCCN1CCc2cc(Nc3ncc(Cl)c(NC4(C(=O)NCC#N)CC4)n3)c(OC)cc2CC1. The number of hydrogen-bond donors (Lipinski definition) is 3. The number of nitrogens with one attached hydrogen (secondary N) is 3. The summed E-state index contributed by atoms with van der Waals surface area (Å²) in [5, 5.41) is 18.0. The maximum Gasteiger partial charge on any atom is 0.246 e. The first-order chi connectivity index (χ1) is 17.0. The number of rotatable bonds is 10. The van der Waals surface area contributed by atoms with Crippen molar-refractivity contribution in [3.8, 4) is 11.8 Å². The summed E-state index contributed by atoms with van der Waals surface area (Å²) in [4.78, 5) is 23.7. The van der Waals surface area contributed by atoms with E-state index in [9.17, 15) is 4.79 Å². The standard InChI is InChI=1S/C24H30ClN7O3/c1-34-12-11-32-9-3-16-13-19(20(35-2)14-17(16)4-10-32)29-23-28-15-18(25)21(30-23)31-24(5-6-24)22(33)27-8-7-26/h13-15H,3-6,8-12H2,1-2H3,(H,27,33)(H2,28,29,30,31). The molecule has 0 spiro atoms. The molecule has 0 saturated heterocycles. The zero-order chi connectivity index (χ0) is 24.8. The first-order valence-electron chi connectivity index (χ1n) is 11.6. The molecular weight excluding hydrogens is 470 g/mol. The molecule has 2 aliphatic rings. The van der Waals surface area contributed by atoms with Crippen LogP contribution in [0.1, 0.15) is 24.0 Å². The van der Waals surface area contributed by atoms with Crippen LogP contribution in [0.4, 0.5) is 17.5 Å². The lowest BCUT2D eigenvalue weighted by Gasteiger charge is -2.19. The lowest BCUT2D eigenvalue weighted by atomic mass is 10.0. The molecule has 3 N–H and O–H groups in total. The highest BCUT2D eigenvalue weighted by atomic mass is 35.5. The highest BCUT2D eigenvalue weighted by Gasteiger charge is 2.50. The van der Waals surface area contributed by atoms with Gasteiger partial charge in [-0.25, -0.2) is 4.98 Å². The highest BCUT2D eigenvalue weighted by molar-refractivity contribution is 6.32. The molecule has 10 nitrogen and oxygen atoms in total. The van der Waals surface area contributed by atoms with E-state index in [0.717, 1.165) is 44.8 Å². The average Bonchev–Trinajstić information content (AvgIpc) is 3.67. The predicted molar refractivity (Wildman–Crippen MR) is 133 cm³/mol. The minimum absolute atomic E-state index is 0.0468. The molecule has 35 heavy (non-hydrogen) atoms. The summed E-state index contributed by atoms with van der Waals surface area (Å²) in [6.45, 7) is 3.53. The van der Waals surface area contributed by atoms with E-state index in [1.807, 2.05) is 6.07 Å². The molecule has 0 radical (unpaired) electrons. The van der Waals surface area contributed by atoms with E-state index in [0.29, 0.717) is 35.4 Å². The van der Waals surface area contributed by atoms with E-state index < -0.39 is 5.54 Å². The zero-order valence-electron chi connectivity index (χ0n) is 20.0. The van der Waals surface area contributed by atoms with Crippen LogP contribution in [0.3, 0.4) is 0 Å². The van der Waals surface area contributed by atoms with Crippen molar-refractivity contribution in [2.24, 2.45) is 0 Å². The Morgan fingerprint density at radius 2 is 2.00 bits per heavy atom. The minimum atomic E-state index is -0.803. The van der Waals surface area contributed by atoms with Gasteiger partial charge in [-0.05, 0) is 48.9 Å². The van der Waals surface area contributed by atoms with Crippen LogP contribution < -0.4 is 20.7 Å². The Balaban J connectivity index is 1.51. The molecule has 1 amide bonds. The lowest BCUT2D eigenvalue weighted by Crippen LogP contribution is -2.42. The number of anilines is 3. The number of halogens is 1. The fraction of sp³-hybridized carbons (Fsp3) is 0.500. The van der Waals surface area contributed by atoms with Crippen LogP contribution in [0, 0.1) is 11.3 Å². The molecule has 1 aromatic heterocycles. The second-order valence-electron chi connectivity index (χ2n) is 8.72. The number of amides is 1. The van der Waals surface area contributed by atoms with Crippen LogP contribution in [0.15, 0.2) is 18.3 Å². The molecule has 11 heteroatoms. The maximum absolute atomic E-state index is 12.5. The normalized spacial score (nSPS) is 16.4. The quantitative estimate of drug-likeness (QED) is 0.423. The highest BCUT2D eigenvalue weighted by Crippen LogP contribution is 2.40. The van der Waals surface area contributed by atoms with E-state index in [-0.39, 0.29) is 12.5 Å². The van der Waals surface area contributed by atoms with Crippen molar-refractivity contribution < 1.29 is 14.3 Å². The van der Waals surface area contributed by atoms with E-state index >= 15 is 0 Å². The summed E-state index contributed by atoms with van der Waals surface area (Å²) in [6.07, 6.45) is 4.62. The number of ether oxygens (including phenoxy) is 2. The number of carbonyl (C=O) groups excluding carboxylic acids is 1. The van der Waals surface area contributed by atoms with E-state index in [4.69, 9.17) is 26.3 Å². The Hall–Kier alpha value is -3.13. The number of hydrogen-bond acceptors (Lipinski definition) is 9. The molecule has 1 aliphatic heterocycles. The fourth-order valence-corrected chi connectivity index (χ4v) is 4.33. The maximum atomic E-state index is 12.5. The van der Waals surface area contributed by atoms with Gasteiger partial charge in [-0.3, -0.25) is 4.79 Å². The summed E-state index contributed by atoms with van der Waals surface area (Å²) in [5.41, 5.74) is 2.48. The Bertz CT molecular complexity index is 1120. The van der Waals surface area contributed by atoms with Gasteiger partial charge in [-0.2, -0.15) is 10.2 Å². The van der Waals surface area contributed by atoms with Crippen LogP contribution >= 0.6 is 11.6 Å². The molecule has 1 aromatic carbocycles. The monoisotopic (exact) mass is 499 g/mol. The summed E-state index contributed by atoms with van der Waals surface area (Å²) < 4.78 is 10.9. The molecule has 0 bridgehead atoms. The first-order valence-corrected chi connectivity index (χ1v) is 12.0. The Morgan fingerprint density at radius 3 is 2.66 bits per heavy atom. The molecule has 0 atom stereocenters. The molecule has 4 rings (SSSR count). The summed E-state index contributed by atoms with van der Waals surface area (Å²) in [5.74, 6) is 1.15.